The summed E-state index contributed by atoms with van der Waals surface area (Å²) in [6, 6.07) is 23.1. The minimum Gasteiger partial charge on any atom is -0.381 e. The molecule has 4 N–H and O–H groups in total. The molecule has 0 spiro atoms. The first-order valence-electron chi connectivity index (χ1n) is 19.8. The summed E-state index contributed by atoms with van der Waals surface area (Å²) in [5, 5.41) is 13.0. The normalized spacial score (nSPS) is 16.7. The molecular formula is C44H54N8O3. The van der Waals surface area contributed by atoms with Gasteiger partial charge in [0.1, 0.15) is 0 Å². The summed E-state index contributed by atoms with van der Waals surface area (Å²) in [6.45, 7) is 15.0. The third-order valence-corrected chi connectivity index (χ3v) is 11.0. The van der Waals surface area contributed by atoms with Crippen molar-refractivity contribution >= 4 is 28.5 Å². The third-order valence-electron chi connectivity index (χ3n) is 11.0. The number of carbonyl (C=O) groups excluding carboxylic acids is 2. The van der Waals surface area contributed by atoms with E-state index in [1.54, 1.807) is 12.1 Å². The quantitative estimate of drug-likeness (QED) is 0.128. The Balaban J connectivity index is 1.27. The number of nitrogens with two attached hydrogens (primary N) is 1. The Morgan fingerprint density at radius 1 is 0.982 bits per heavy atom. The van der Waals surface area contributed by atoms with Crippen molar-refractivity contribution in [3.63, 3.8) is 0 Å². The maximum atomic E-state index is 14.8. The number of anilines is 1. The number of amides is 2. The van der Waals surface area contributed by atoms with Gasteiger partial charge < -0.3 is 26.0 Å². The van der Waals surface area contributed by atoms with Gasteiger partial charge in [0.2, 0.25) is 5.91 Å². The van der Waals surface area contributed by atoms with Crippen molar-refractivity contribution in [1.82, 2.24) is 29.9 Å². The molecule has 0 aliphatic carbocycles. The number of primary amides is 1. The van der Waals surface area contributed by atoms with Gasteiger partial charge in [-0.1, -0.05) is 43.3 Å². The second-order valence-electron chi connectivity index (χ2n) is 15.0. The van der Waals surface area contributed by atoms with E-state index in [0.717, 1.165) is 89.3 Å². The van der Waals surface area contributed by atoms with E-state index < -0.39 is 5.91 Å². The van der Waals surface area contributed by atoms with Crippen molar-refractivity contribution in [2.24, 2.45) is 5.73 Å². The summed E-state index contributed by atoms with van der Waals surface area (Å²) in [5.41, 5.74) is 15.5. The highest BCUT2D eigenvalue weighted by atomic mass is 16.5. The number of aryl methyl sites for hydroxylation is 3. The fourth-order valence-corrected chi connectivity index (χ4v) is 7.97. The predicted molar refractivity (Wildman–Crippen MR) is 218 cm³/mol. The van der Waals surface area contributed by atoms with Gasteiger partial charge in [-0.05, 0) is 98.2 Å². The topological polar surface area (TPSA) is 131 Å². The second-order valence-corrected chi connectivity index (χ2v) is 15.0. The number of hydrogen-bond acceptors (Lipinski definition) is 8. The Morgan fingerprint density at radius 2 is 1.71 bits per heavy atom. The van der Waals surface area contributed by atoms with Crippen molar-refractivity contribution in [3.05, 3.63) is 112 Å². The van der Waals surface area contributed by atoms with Gasteiger partial charge in [-0.15, -0.1) is 0 Å². The minimum atomic E-state index is -0.565. The van der Waals surface area contributed by atoms with Crippen LogP contribution in [-0.4, -0.2) is 81.3 Å². The average Bonchev–Trinajstić information content (AvgIpc) is 3.62. The number of rotatable bonds is 13. The van der Waals surface area contributed by atoms with E-state index in [0.29, 0.717) is 56.4 Å². The van der Waals surface area contributed by atoms with Crippen LogP contribution in [0.1, 0.15) is 82.3 Å². The Kier molecular flexibility index (Phi) is 11.9. The molecule has 2 aromatic heterocycles. The lowest BCUT2D eigenvalue weighted by Crippen LogP contribution is -2.49. The molecule has 0 saturated carbocycles. The van der Waals surface area contributed by atoms with E-state index in [4.69, 9.17) is 20.6 Å². The Labute approximate surface area is 324 Å². The number of carbonyl (C=O) groups is 2. The Bertz CT molecular complexity index is 2160. The molecule has 55 heavy (non-hydrogen) atoms. The van der Waals surface area contributed by atoms with Gasteiger partial charge >= 0.3 is 0 Å². The molecule has 7 rings (SSSR count). The fraction of sp³-hybridized carbons (Fsp3) is 0.409. The Hall–Kier alpha value is -5.10. The zero-order valence-corrected chi connectivity index (χ0v) is 32.6. The maximum absolute atomic E-state index is 14.8. The lowest BCUT2D eigenvalue weighted by atomic mass is 9.99. The van der Waals surface area contributed by atoms with Crippen LogP contribution in [0.3, 0.4) is 0 Å². The van der Waals surface area contributed by atoms with Crippen LogP contribution in [0.5, 0.6) is 0 Å². The lowest BCUT2D eigenvalue weighted by Gasteiger charge is -2.34. The van der Waals surface area contributed by atoms with Crippen molar-refractivity contribution in [2.45, 2.75) is 85.2 Å². The summed E-state index contributed by atoms with van der Waals surface area (Å²) in [4.78, 5) is 36.7. The highest BCUT2D eigenvalue weighted by Crippen LogP contribution is 2.33. The lowest BCUT2D eigenvalue weighted by molar-refractivity contribution is 0.0729. The summed E-state index contributed by atoms with van der Waals surface area (Å²) in [7, 11) is 0. The zero-order chi connectivity index (χ0) is 38.5. The van der Waals surface area contributed by atoms with Crippen LogP contribution in [0.15, 0.2) is 72.9 Å². The molecule has 2 fully saturated rings. The van der Waals surface area contributed by atoms with Crippen LogP contribution < -0.4 is 16.4 Å². The van der Waals surface area contributed by atoms with Crippen LogP contribution in [-0.2, 0) is 37.3 Å². The number of piperazine rings is 1. The van der Waals surface area contributed by atoms with E-state index >= 15 is 0 Å². The van der Waals surface area contributed by atoms with Gasteiger partial charge in [0.25, 0.3) is 5.91 Å². The molecule has 3 aromatic carbocycles. The molecule has 0 unspecified atom stereocenters. The van der Waals surface area contributed by atoms with E-state index in [-0.39, 0.29) is 11.9 Å². The molecule has 2 aliphatic heterocycles. The molecule has 5 aromatic rings. The number of aromatic nitrogens is 3. The molecule has 288 valence electrons. The molecule has 1 atom stereocenters. The highest BCUT2D eigenvalue weighted by molar-refractivity contribution is 6.00. The van der Waals surface area contributed by atoms with E-state index in [9.17, 15) is 9.59 Å². The van der Waals surface area contributed by atoms with Crippen LogP contribution in [0.2, 0.25) is 0 Å². The number of benzene rings is 3. The van der Waals surface area contributed by atoms with Gasteiger partial charge in [-0.3, -0.25) is 14.5 Å². The standard InChI is InChI=1S/C44H54N8O3/c1-5-40-39(41(48-37-13-17-55-18-14-37)38-25-47-52(6-2)43(38)49-40)28-51(44(54)36-20-29(3)19-35(23-36)42(45)53)27-32-10-8-12-34(22-32)33-11-7-9-31(21-33)26-50-16-15-46-24-30(50)4/h7-12,19-23,25,30,37,46H,5-6,13-18,24,26-28H2,1-4H3,(H2,45,53)(H,48,49)/t30-/m0/s1. The van der Waals surface area contributed by atoms with Crippen LogP contribution in [0, 0.1) is 6.92 Å². The second kappa shape index (κ2) is 17.1. The third kappa shape index (κ3) is 8.75. The monoisotopic (exact) mass is 742 g/mol. The zero-order valence-electron chi connectivity index (χ0n) is 32.6. The minimum absolute atomic E-state index is 0.188. The van der Waals surface area contributed by atoms with Crippen LogP contribution in [0.25, 0.3) is 22.2 Å². The van der Waals surface area contributed by atoms with Gasteiger partial charge in [0.15, 0.2) is 5.65 Å². The summed E-state index contributed by atoms with van der Waals surface area (Å²) < 4.78 is 7.63. The first kappa shape index (κ1) is 38.2. The number of hydrogen-bond donors (Lipinski definition) is 3. The van der Waals surface area contributed by atoms with Crippen LogP contribution >= 0.6 is 0 Å². The predicted octanol–water partition coefficient (Wildman–Crippen LogP) is 6.32. The molecule has 2 saturated heterocycles. The molecular weight excluding hydrogens is 689 g/mol. The maximum Gasteiger partial charge on any atom is 0.254 e. The van der Waals surface area contributed by atoms with Gasteiger partial charge in [0, 0.05) is 87.0 Å². The van der Waals surface area contributed by atoms with Gasteiger partial charge in [-0.25, -0.2) is 9.67 Å². The van der Waals surface area contributed by atoms with E-state index in [2.05, 4.69) is 84.8 Å². The average molecular weight is 743 g/mol. The molecule has 2 aliphatic rings. The van der Waals surface area contributed by atoms with E-state index in [1.165, 1.54) is 5.56 Å². The van der Waals surface area contributed by atoms with Crippen molar-refractivity contribution in [2.75, 3.05) is 38.2 Å². The largest absolute Gasteiger partial charge is 0.381 e. The highest BCUT2D eigenvalue weighted by Gasteiger charge is 2.26. The summed E-state index contributed by atoms with van der Waals surface area (Å²) in [5.74, 6) is -0.753. The number of nitrogens with one attached hydrogen (secondary N) is 2. The number of pyridine rings is 1. The smallest absolute Gasteiger partial charge is 0.254 e. The molecule has 2 amide bonds. The fourth-order valence-electron chi connectivity index (χ4n) is 7.97. The summed E-state index contributed by atoms with van der Waals surface area (Å²) >= 11 is 0. The van der Waals surface area contributed by atoms with E-state index in [1.807, 2.05) is 28.8 Å². The number of fused-ring (bicyclic) bond motifs is 1. The van der Waals surface area contributed by atoms with Gasteiger partial charge in [0.05, 0.1) is 23.8 Å². The molecule has 0 bridgehead atoms. The van der Waals surface area contributed by atoms with Crippen molar-refractivity contribution in [1.29, 1.82) is 0 Å². The van der Waals surface area contributed by atoms with Gasteiger partial charge in [-0.2, -0.15) is 5.10 Å². The first-order valence-corrected chi connectivity index (χ1v) is 19.8. The van der Waals surface area contributed by atoms with Crippen molar-refractivity contribution < 1.29 is 14.3 Å². The number of ether oxygens (including phenoxy) is 1. The SMILES string of the molecule is CCc1nc2c(cnn2CC)c(NC2CCOCC2)c1CN(Cc1cccc(-c2cccc(CN3CCNC[C@@H]3C)c2)c1)C(=O)c1cc(C)cc(C(N)=O)c1. The van der Waals surface area contributed by atoms with Crippen LogP contribution in [0.4, 0.5) is 5.69 Å². The number of nitrogens with zero attached hydrogens (tertiary/aromatic N) is 5. The first-order chi connectivity index (χ1) is 26.7. The molecule has 4 heterocycles. The Morgan fingerprint density at radius 3 is 2.42 bits per heavy atom. The summed E-state index contributed by atoms with van der Waals surface area (Å²) in [6.07, 6.45) is 4.34. The molecule has 0 radical (unpaired) electrons. The molecule has 11 heteroatoms. The molecule has 11 nitrogen and oxygen atoms in total. The van der Waals surface area contributed by atoms with Crippen molar-refractivity contribution in [3.8, 4) is 11.1 Å².